The van der Waals surface area contributed by atoms with Gasteiger partial charge in [0, 0.05) is 160 Å². The first-order valence-corrected chi connectivity index (χ1v) is 36.0. The molecule has 20 heteroatoms. The largest absolute Gasteiger partial charge is 0.481 e. The van der Waals surface area contributed by atoms with Crippen LogP contribution in [0, 0.1) is 94.7 Å². The van der Waals surface area contributed by atoms with E-state index >= 15 is 0 Å². The second-order valence-corrected chi connectivity index (χ2v) is 31.9. The van der Waals surface area contributed by atoms with Gasteiger partial charge in [0.15, 0.2) is 0 Å². The Morgan fingerprint density at radius 1 is 0.311 bits per heavy atom. The van der Waals surface area contributed by atoms with Gasteiger partial charge in [-0.2, -0.15) is 0 Å². The molecule has 20 nitrogen and oxygen atoms in total. The van der Waals surface area contributed by atoms with Crippen molar-refractivity contribution in [2.75, 3.05) is 14.2 Å². The Labute approximate surface area is 539 Å². The van der Waals surface area contributed by atoms with Crippen LogP contribution in [0.15, 0.2) is 0 Å². The molecule has 10 aliphatic heterocycles. The predicted octanol–water partition coefficient (Wildman–Crippen LogP) is 6.15. The molecule has 0 aromatic carbocycles. The van der Waals surface area contributed by atoms with E-state index in [4.69, 9.17) is 9.47 Å². The summed E-state index contributed by atoms with van der Waals surface area (Å²) in [7, 11) is 3.63. The molecule has 0 aromatic heterocycles. The average Bonchev–Trinajstić information content (AvgIpc) is 1.71. The summed E-state index contributed by atoms with van der Waals surface area (Å²) in [6, 6.07) is 3.78. The average molecular weight is 1270 g/mol. The zero-order chi connectivity index (χ0) is 65.5. The molecule has 516 valence electrons. The van der Waals surface area contributed by atoms with Gasteiger partial charge in [-0.3, -0.25) is 19.2 Å². The Kier molecular flexibility index (Phi) is 24.4. The number of nitrogens with one attached hydrogen (secondary N) is 8. The van der Waals surface area contributed by atoms with Crippen LogP contribution < -0.4 is 42.5 Å². The van der Waals surface area contributed by atoms with Crippen LogP contribution in [-0.4, -0.2) is 190 Å². The summed E-state index contributed by atoms with van der Waals surface area (Å²) in [5.74, 6) is 1.75. The van der Waals surface area contributed by atoms with Gasteiger partial charge in [-0.1, -0.05) is 55.4 Å². The first-order chi connectivity index (χ1) is 42.6. The lowest BCUT2D eigenvalue weighted by Gasteiger charge is -2.31. The molecule has 0 radical (unpaired) electrons. The van der Waals surface area contributed by atoms with Crippen LogP contribution in [0.1, 0.15) is 186 Å². The van der Waals surface area contributed by atoms with Crippen molar-refractivity contribution >= 4 is 23.9 Å². The molecule has 0 aromatic rings. The number of hydrogen-bond donors (Lipinski definition) is 14. The summed E-state index contributed by atoms with van der Waals surface area (Å²) >= 11 is 0. The second-order valence-electron chi connectivity index (χ2n) is 31.9. The lowest BCUT2D eigenvalue weighted by Crippen LogP contribution is -2.46. The minimum Gasteiger partial charge on any atom is -0.481 e. The molecule has 0 aliphatic carbocycles. The maximum atomic E-state index is 11.7. The van der Waals surface area contributed by atoms with Crippen molar-refractivity contribution in [3.63, 3.8) is 0 Å². The number of fused-ring (bicyclic) bond motifs is 16. The zero-order valence-corrected chi connectivity index (χ0v) is 57.2. The van der Waals surface area contributed by atoms with Crippen molar-refractivity contribution in [3.05, 3.63) is 0 Å². The number of rotatable bonds is 18. The van der Waals surface area contributed by atoms with E-state index in [-0.39, 0.29) is 152 Å². The lowest BCUT2D eigenvalue weighted by molar-refractivity contribution is -0.138. The molecule has 36 unspecified atom stereocenters. The van der Waals surface area contributed by atoms with Crippen molar-refractivity contribution in [2.45, 2.75) is 307 Å². The molecule has 10 aliphatic rings. The Balaban J connectivity index is 0.000000213. The van der Waals surface area contributed by atoms with Crippen LogP contribution in [0.25, 0.3) is 0 Å². The SMILES string of the molecule is COC(C)C1C2CC3NC(CC4NC(CC5NC(CC(N2)C1C)C(C(C)O)C5C)C(C)C4CCC(=O)O)C(CCC(=O)O)C3C.COC(C)C1C2CC3NC(CC4NC(CC5NC(CC(N2)C1C)C(C)C5CCC(=O)O)C(CCC(=O)O)C4C)C(C(C)O)C3C. The molecule has 10 rings (SSSR count). The lowest BCUT2D eigenvalue weighted by atomic mass is 9.76. The summed E-state index contributed by atoms with van der Waals surface area (Å²) in [5, 5.41) is 92.9. The third kappa shape index (κ3) is 15.6. The van der Waals surface area contributed by atoms with Crippen LogP contribution in [0.2, 0.25) is 0 Å². The third-order valence-electron chi connectivity index (χ3n) is 27.3. The van der Waals surface area contributed by atoms with Crippen molar-refractivity contribution in [2.24, 2.45) is 94.7 Å². The highest BCUT2D eigenvalue weighted by molar-refractivity contribution is 5.67. The number of carboxylic acids is 4. The molecule has 16 bridgehead atoms. The molecule has 90 heavy (non-hydrogen) atoms. The van der Waals surface area contributed by atoms with Gasteiger partial charge in [0.25, 0.3) is 0 Å². The monoisotopic (exact) mass is 1270 g/mol. The maximum absolute atomic E-state index is 11.7. The van der Waals surface area contributed by atoms with Gasteiger partial charge in [0.1, 0.15) is 0 Å². The summed E-state index contributed by atoms with van der Waals surface area (Å²) in [4.78, 5) is 46.8. The Hall–Kier alpha value is -2.60. The van der Waals surface area contributed by atoms with E-state index in [1.165, 1.54) is 0 Å². The summed E-state index contributed by atoms with van der Waals surface area (Å²) in [5.41, 5.74) is 0. The molecule has 0 spiro atoms. The molecule has 0 saturated carbocycles. The van der Waals surface area contributed by atoms with Crippen LogP contribution >= 0.6 is 0 Å². The fraction of sp³-hybridized carbons (Fsp3) is 0.943. The van der Waals surface area contributed by atoms with Crippen LogP contribution in [-0.2, 0) is 28.7 Å². The predicted molar refractivity (Wildman–Crippen MR) is 348 cm³/mol. The summed E-state index contributed by atoms with van der Waals surface area (Å²) in [6.07, 6.45) is 10.1. The van der Waals surface area contributed by atoms with Gasteiger partial charge in [-0.15, -0.1) is 0 Å². The van der Waals surface area contributed by atoms with E-state index in [0.717, 1.165) is 51.4 Å². The van der Waals surface area contributed by atoms with Gasteiger partial charge in [-0.05, 0) is 176 Å². The number of aliphatic hydroxyl groups excluding tert-OH is 2. The van der Waals surface area contributed by atoms with E-state index in [9.17, 15) is 49.8 Å². The molecule has 10 fully saturated rings. The third-order valence-corrected chi connectivity index (χ3v) is 27.3. The van der Waals surface area contributed by atoms with E-state index in [2.05, 4.69) is 112 Å². The second kappa shape index (κ2) is 30.6. The Bertz CT molecular complexity index is 2380. The highest BCUT2D eigenvalue weighted by atomic mass is 16.5. The van der Waals surface area contributed by atoms with Crippen LogP contribution in [0.3, 0.4) is 0 Å². The number of aliphatic hydroxyl groups is 2. The van der Waals surface area contributed by atoms with Gasteiger partial charge in [-0.25, -0.2) is 0 Å². The van der Waals surface area contributed by atoms with Crippen molar-refractivity contribution in [1.29, 1.82) is 0 Å². The molecule has 10 heterocycles. The van der Waals surface area contributed by atoms with Crippen LogP contribution in [0.5, 0.6) is 0 Å². The summed E-state index contributed by atoms with van der Waals surface area (Å²) < 4.78 is 11.9. The normalized spacial score (nSPS) is 47.9. The molecular formula is C70H124N8O12. The number of methoxy groups -OCH3 is 2. The summed E-state index contributed by atoms with van der Waals surface area (Å²) in [6.45, 7) is 26.8. The van der Waals surface area contributed by atoms with Crippen LogP contribution in [0.4, 0.5) is 0 Å². The molecular weight excluding hydrogens is 1140 g/mol. The van der Waals surface area contributed by atoms with E-state index < -0.39 is 36.1 Å². The van der Waals surface area contributed by atoms with Gasteiger partial charge in [0.2, 0.25) is 0 Å². The van der Waals surface area contributed by atoms with Crippen molar-refractivity contribution in [1.82, 2.24) is 42.5 Å². The van der Waals surface area contributed by atoms with Crippen molar-refractivity contribution < 1.29 is 59.3 Å². The number of hydrogen-bond acceptors (Lipinski definition) is 16. The van der Waals surface area contributed by atoms with Crippen molar-refractivity contribution in [3.8, 4) is 0 Å². The van der Waals surface area contributed by atoms with E-state index in [1.807, 2.05) is 28.1 Å². The first kappa shape index (κ1) is 71.7. The number of ether oxygens (including phenoxy) is 2. The fourth-order valence-electron chi connectivity index (χ4n) is 22.3. The Morgan fingerprint density at radius 2 is 0.489 bits per heavy atom. The molecule has 14 N–H and O–H groups in total. The maximum Gasteiger partial charge on any atom is 0.303 e. The standard InChI is InChI=1S/2C35H62N4O6/c1-16-22(8-10-32(41)42)28-15-29-23(9-11-33(43)44)17(2)25(37-29)13-30-34(20(5)40)18(3)27(38-30)14-31-35(21(6)45-7)19(4)26(39-31)12-24(16)36-28;1-16-22(8-10-32(41)42)28-15-29-23(9-11-33(43)44)17(2)25(37-29)13-31-35(21(6)45-7)19(4)27(39-31)14-30-34(20(5)40)18(3)26(38-30)12-24(16)36-28/h2*16-31,34-40H,8-15H2,1-7H3,(H,41,42)(H,43,44). The number of carbonyl (C=O) groups is 4. The smallest absolute Gasteiger partial charge is 0.303 e. The number of carboxylic acid groups (broad SMARTS) is 4. The highest BCUT2D eigenvalue weighted by Gasteiger charge is 2.56. The minimum absolute atomic E-state index is 0.104. The minimum atomic E-state index is -0.754. The Morgan fingerprint density at radius 3 is 0.700 bits per heavy atom. The highest BCUT2D eigenvalue weighted by Crippen LogP contribution is 2.48. The first-order valence-electron chi connectivity index (χ1n) is 36.0. The molecule has 36 atom stereocenters. The van der Waals surface area contributed by atoms with Gasteiger partial charge in [0.05, 0.1) is 24.4 Å². The topological polar surface area (TPSA) is 304 Å². The van der Waals surface area contributed by atoms with Gasteiger partial charge >= 0.3 is 23.9 Å². The number of aliphatic carboxylic acids is 4. The molecule has 10 saturated heterocycles. The van der Waals surface area contributed by atoms with E-state index in [1.54, 1.807) is 0 Å². The fourth-order valence-corrected chi connectivity index (χ4v) is 22.3. The molecule has 0 amide bonds. The van der Waals surface area contributed by atoms with Gasteiger partial charge < -0.3 is 82.6 Å². The quantitative estimate of drug-likeness (QED) is 0.0732. The zero-order valence-electron chi connectivity index (χ0n) is 57.2. The van der Waals surface area contributed by atoms with E-state index in [0.29, 0.717) is 103 Å².